The van der Waals surface area contributed by atoms with E-state index in [2.05, 4.69) is 48.1 Å². The molecule has 2 fully saturated rings. The van der Waals surface area contributed by atoms with Crippen molar-refractivity contribution in [3.05, 3.63) is 28.2 Å². The molecule has 1 N–H and O–H groups in total. The van der Waals surface area contributed by atoms with Crippen molar-refractivity contribution >= 4 is 15.9 Å². The van der Waals surface area contributed by atoms with Gasteiger partial charge in [-0.15, -0.1) is 0 Å². The molecule has 3 heteroatoms. The number of ether oxygens (including phenoxy) is 1. The van der Waals surface area contributed by atoms with Gasteiger partial charge in [0.05, 0.1) is 7.11 Å². The number of hydrogen-bond donors (Lipinski definition) is 1. The van der Waals surface area contributed by atoms with Crippen LogP contribution in [0.15, 0.2) is 22.7 Å². The van der Waals surface area contributed by atoms with Crippen LogP contribution in [0.2, 0.25) is 0 Å². The maximum Gasteiger partial charge on any atom is 0.123 e. The third-order valence-electron chi connectivity index (χ3n) is 6.01. The summed E-state index contributed by atoms with van der Waals surface area (Å²) in [5.74, 6) is 1.85. The second kappa shape index (κ2) is 5.27. The fraction of sp³-hybridized carbons (Fsp3) is 0.667. The van der Waals surface area contributed by atoms with Gasteiger partial charge >= 0.3 is 0 Å². The molecular formula is C18H26BrNO. The van der Waals surface area contributed by atoms with E-state index >= 15 is 0 Å². The van der Waals surface area contributed by atoms with Crippen LogP contribution < -0.4 is 10.1 Å². The second-order valence-electron chi connectivity index (χ2n) is 7.69. The van der Waals surface area contributed by atoms with E-state index in [-0.39, 0.29) is 0 Å². The predicted octanol–water partition coefficient (Wildman–Crippen LogP) is 4.76. The van der Waals surface area contributed by atoms with Gasteiger partial charge in [-0.05, 0) is 54.2 Å². The Kier molecular flexibility index (Phi) is 3.86. The lowest BCUT2D eigenvalue weighted by Crippen LogP contribution is -2.49. The molecule has 3 atom stereocenters. The van der Waals surface area contributed by atoms with E-state index in [9.17, 15) is 0 Å². The highest BCUT2D eigenvalue weighted by atomic mass is 79.9. The van der Waals surface area contributed by atoms with E-state index in [0.717, 1.165) is 22.7 Å². The highest BCUT2D eigenvalue weighted by Gasteiger charge is 2.58. The minimum Gasteiger partial charge on any atom is -0.496 e. The molecule has 2 aliphatic carbocycles. The summed E-state index contributed by atoms with van der Waals surface area (Å²) in [7, 11) is 1.75. The molecule has 0 aromatic heterocycles. The van der Waals surface area contributed by atoms with Crippen LogP contribution in [-0.2, 0) is 6.54 Å². The zero-order chi connectivity index (χ0) is 15.3. The van der Waals surface area contributed by atoms with Crippen LogP contribution in [0.5, 0.6) is 5.75 Å². The minimum atomic E-state index is 0.395. The molecule has 0 aliphatic heterocycles. The lowest BCUT2D eigenvalue weighted by molar-refractivity contribution is 0.108. The Bertz CT molecular complexity index is 537. The molecule has 2 saturated carbocycles. The van der Waals surface area contributed by atoms with Gasteiger partial charge in [0.25, 0.3) is 0 Å². The first-order valence-electron chi connectivity index (χ1n) is 7.92. The summed E-state index contributed by atoms with van der Waals surface area (Å²) < 4.78 is 6.60. The quantitative estimate of drug-likeness (QED) is 0.843. The number of benzene rings is 1. The van der Waals surface area contributed by atoms with Crippen molar-refractivity contribution in [2.45, 2.75) is 52.6 Å². The summed E-state index contributed by atoms with van der Waals surface area (Å²) >= 11 is 3.56. The summed E-state index contributed by atoms with van der Waals surface area (Å²) in [5, 5.41) is 3.86. The van der Waals surface area contributed by atoms with Gasteiger partial charge in [0.1, 0.15) is 5.75 Å². The van der Waals surface area contributed by atoms with E-state index in [1.54, 1.807) is 7.11 Å². The van der Waals surface area contributed by atoms with Crippen molar-refractivity contribution in [3.63, 3.8) is 0 Å². The summed E-state index contributed by atoms with van der Waals surface area (Å²) in [6.07, 6.45) is 4.16. The van der Waals surface area contributed by atoms with Crippen molar-refractivity contribution < 1.29 is 4.74 Å². The summed E-state index contributed by atoms with van der Waals surface area (Å²) in [6, 6.07) is 6.82. The Balaban J connectivity index is 1.78. The maximum absolute atomic E-state index is 5.49. The first kappa shape index (κ1) is 15.4. The van der Waals surface area contributed by atoms with E-state index in [1.165, 1.54) is 24.8 Å². The van der Waals surface area contributed by atoms with Gasteiger partial charge in [-0.3, -0.25) is 0 Å². The lowest BCUT2D eigenvalue weighted by atomic mass is 9.68. The number of halogens is 1. The molecule has 1 aromatic carbocycles. The molecule has 1 aromatic rings. The fourth-order valence-electron chi connectivity index (χ4n) is 4.91. The number of rotatable bonds is 4. The number of methoxy groups -OCH3 is 1. The Morgan fingerprint density at radius 2 is 2.10 bits per heavy atom. The highest BCUT2D eigenvalue weighted by molar-refractivity contribution is 9.10. The Morgan fingerprint density at radius 3 is 2.71 bits per heavy atom. The van der Waals surface area contributed by atoms with E-state index in [1.807, 2.05) is 12.1 Å². The Labute approximate surface area is 136 Å². The zero-order valence-electron chi connectivity index (χ0n) is 13.5. The lowest BCUT2D eigenvalue weighted by Gasteiger charge is -2.43. The molecule has 3 rings (SSSR count). The van der Waals surface area contributed by atoms with Crippen LogP contribution in [-0.4, -0.2) is 13.2 Å². The van der Waals surface area contributed by atoms with Crippen molar-refractivity contribution in [2.24, 2.45) is 16.7 Å². The highest BCUT2D eigenvalue weighted by Crippen LogP contribution is 2.62. The predicted molar refractivity (Wildman–Crippen MR) is 90.6 cm³/mol. The third kappa shape index (κ3) is 2.53. The van der Waals surface area contributed by atoms with Crippen molar-refractivity contribution in [1.29, 1.82) is 0 Å². The molecular weight excluding hydrogens is 326 g/mol. The van der Waals surface area contributed by atoms with Crippen molar-refractivity contribution in [3.8, 4) is 5.75 Å². The number of fused-ring (bicyclic) bond motifs is 2. The Hall–Kier alpha value is -0.540. The first-order chi connectivity index (χ1) is 9.87. The normalized spacial score (nSPS) is 33.4. The standard InChI is InChI=1S/C18H26BrNO/c1-17(2)13-7-8-18(3,10-13)16(17)20-11-12-9-14(19)5-6-15(12)21-4/h5-6,9,13,16,20H,7-8,10-11H2,1-4H3. The third-order valence-corrected chi connectivity index (χ3v) is 6.50. The smallest absolute Gasteiger partial charge is 0.123 e. The van der Waals surface area contributed by atoms with E-state index < -0.39 is 0 Å². The van der Waals surface area contributed by atoms with Gasteiger partial charge in [-0.25, -0.2) is 0 Å². The largest absolute Gasteiger partial charge is 0.496 e. The first-order valence-corrected chi connectivity index (χ1v) is 8.72. The van der Waals surface area contributed by atoms with E-state index in [0.29, 0.717) is 16.9 Å². The van der Waals surface area contributed by atoms with Gasteiger partial charge in [-0.2, -0.15) is 0 Å². The summed E-state index contributed by atoms with van der Waals surface area (Å²) in [6.45, 7) is 8.23. The second-order valence-corrected chi connectivity index (χ2v) is 8.60. The topological polar surface area (TPSA) is 21.3 Å². The van der Waals surface area contributed by atoms with Gasteiger partial charge < -0.3 is 10.1 Å². The zero-order valence-corrected chi connectivity index (χ0v) is 15.1. The van der Waals surface area contributed by atoms with Gasteiger partial charge in [0.2, 0.25) is 0 Å². The fourth-order valence-corrected chi connectivity index (χ4v) is 5.32. The molecule has 0 radical (unpaired) electrons. The molecule has 3 unspecified atom stereocenters. The average Bonchev–Trinajstić information content (AvgIpc) is 2.89. The molecule has 2 nitrogen and oxygen atoms in total. The molecule has 0 spiro atoms. The molecule has 0 saturated heterocycles. The van der Waals surface area contributed by atoms with Crippen LogP contribution in [0, 0.1) is 16.7 Å². The van der Waals surface area contributed by atoms with Crippen LogP contribution in [0.1, 0.15) is 45.6 Å². The average molecular weight is 352 g/mol. The summed E-state index contributed by atoms with van der Waals surface area (Å²) in [4.78, 5) is 0. The minimum absolute atomic E-state index is 0.395. The van der Waals surface area contributed by atoms with Gasteiger partial charge in [0, 0.05) is 22.6 Å². The molecule has 0 amide bonds. The Morgan fingerprint density at radius 1 is 1.33 bits per heavy atom. The molecule has 2 aliphatic rings. The van der Waals surface area contributed by atoms with Gasteiger partial charge in [0.15, 0.2) is 0 Å². The molecule has 116 valence electrons. The van der Waals surface area contributed by atoms with Gasteiger partial charge in [-0.1, -0.05) is 36.7 Å². The number of hydrogen-bond acceptors (Lipinski definition) is 2. The van der Waals surface area contributed by atoms with Crippen LogP contribution in [0.25, 0.3) is 0 Å². The van der Waals surface area contributed by atoms with E-state index in [4.69, 9.17) is 4.74 Å². The number of nitrogens with one attached hydrogen (secondary N) is 1. The van der Waals surface area contributed by atoms with Crippen LogP contribution in [0.4, 0.5) is 0 Å². The monoisotopic (exact) mass is 351 g/mol. The molecule has 2 bridgehead atoms. The summed E-state index contributed by atoms with van der Waals surface area (Å²) in [5.41, 5.74) is 2.09. The van der Waals surface area contributed by atoms with Crippen LogP contribution in [0.3, 0.4) is 0 Å². The van der Waals surface area contributed by atoms with Crippen molar-refractivity contribution in [1.82, 2.24) is 5.32 Å². The maximum atomic E-state index is 5.49. The SMILES string of the molecule is COc1ccc(Br)cc1CNC1C2(C)CCC(C2)C1(C)C. The van der Waals surface area contributed by atoms with Crippen LogP contribution >= 0.6 is 15.9 Å². The molecule has 21 heavy (non-hydrogen) atoms. The van der Waals surface area contributed by atoms with Crippen molar-refractivity contribution in [2.75, 3.05) is 7.11 Å². The molecule has 0 heterocycles.